The van der Waals surface area contributed by atoms with Crippen LogP contribution in [0.1, 0.15) is 110 Å². The van der Waals surface area contributed by atoms with Crippen LogP contribution in [0.3, 0.4) is 0 Å². The Bertz CT molecular complexity index is 1610. The summed E-state index contributed by atoms with van der Waals surface area (Å²) >= 11 is 0. The van der Waals surface area contributed by atoms with Crippen molar-refractivity contribution < 1.29 is 76.9 Å². The Kier molecular flexibility index (Phi) is 33.2. The number of unbranched alkanes of at least 4 members (excludes halogenated alkanes) is 2. The van der Waals surface area contributed by atoms with Crippen LogP contribution < -0.4 is 0 Å². The lowest BCUT2D eigenvalue weighted by Gasteiger charge is -2.20. The number of aliphatic hydroxyl groups excluding tert-OH is 4. The van der Waals surface area contributed by atoms with Crippen molar-refractivity contribution in [2.24, 2.45) is 11.8 Å². The van der Waals surface area contributed by atoms with Crippen LogP contribution in [0.5, 0.6) is 0 Å². The van der Waals surface area contributed by atoms with E-state index in [4.69, 9.17) is 23.8 Å². The molecule has 64 heavy (non-hydrogen) atoms. The maximum atomic E-state index is 12.8. The van der Waals surface area contributed by atoms with E-state index in [9.17, 15) is 44.0 Å². The second kappa shape index (κ2) is 36.1. The Morgan fingerprint density at radius 3 is 1.81 bits per heavy atom. The minimum Gasteiger partial charge on any atom is -0.462 e. The lowest BCUT2D eigenvalue weighted by molar-refractivity contribution is -0.160. The third-order valence-electron chi connectivity index (χ3n) is 9.56. The normalized spacial score (nSPS) is 21.2. The summed E-state index contributed by atoms with van der Waals surface area (Å²) in [5.74, 6) is -2.21. The molecule has 364 valence electrons. The van der Waals surface area contributed by atoms with Gasteiger partial charge in [0.1, 0.15) is 12.7 Å². The summed E-state index contributed by atoms with van der Waals surface area (Å²) in [6, 6.07) is 0. The fraction of sp³-hybridized carbons (Fsp3) is 0.609. The minimum absolute atomic E-state index is 0.00167. The lowest BCUT2D eigenvalue weighted by Crippen LogP contribution is -2.29. The van der Waals surface area contributed by atoms with Crippen LogP contribution in [-0.2, 0) is 41.8 Å². The molecule has 7 N–H and O–H groups in total. The number of phosphoric ester groups is 2. The SMILES string of the molecule is CC/C=C\C/C=C\C/C=C\C/C=C\C/C=C\C/C=C\CCC(=O)OC[C@H](COP(=O)(O)OC[C@@H](O)COP(=O)(O)O)OC(=O)C/C=C\C[C@H]1[C@@H](/C=C/[C@H](O)CCCCC)[C@H](O)C[C@@H]1O. The molecule has 0 saturated heterocycles. The zero-order valence-corrected chi connectivity index (χ0v) is 39.2. The van der Waals surface area contributed by atoms with Gasteiger partial charge in [0.05, 0.1) is 44.6 Å². The van der Waals surface area contributed by atoms with Crippen molar-refractivity contribution in [2.75, 3.05) is 26.4 Å². The second-order valence-corrected chi connectivity index (χ2v) is 17.9. The van der Waals surface area contributed by atoms with Crippen molar-refractivity contribution >= 4 is 27.6 Å². The molecule has 18 heteroatoms. The van der Waals surface area contributed by atoms with Gasteiger partial charge in [0, 0.05) is 18.8 Å². The lowest BCUT2D eigenvalue weighted by atomic mass is 9.89. The summed E-state index contributed by atoms with van der Waals surface area (Å²) in [7, 11) is -9.84. The number of esters is 2. The van der Waals surface area contributed by atoms with Crippen molar-refractivity contribution in [3.8, 4) is 0 Å². The average Bonchev–Trinajstić information content (AvgIpc) is 3.52. The third kappa shape index (κ3) is 32.6. The maximum absolute atomic E-state index is 12.8. The molecule has 0 heterocycles. The Hall–Kier alpha value is -3.08. The summed E-state index contributed by atoms with van der Waals surface area (Å²) in [4.78, 5) is 53.0. The van der Waals surface area contributed by atoms with E-state index in [1.807, 2.05) is 24.3 Å². The van der Waals surface area contributed by atoms with E-state index in [0.717, 1.165) is 51.4 Å². The van der Waals surface area contributed by atoms with Crippen LogP contribution in [0.25, 0.3) is 0 Å². The number of hydrogen-bond acceptors (Lipinski definition) is 13. The van der Waals surface area contributed by atoms with E-state index >= 15 is 0 Å². The van der Waals surface area contributed by atoms with Gasteiger partial charge in [-0.25, -0.2) is 9.13 Å². The molecule has 0 aromatic carbocycles. The summed E-state index contributed by atoms with van der Waals surface area (Å²) in [5, 5.41) is 41.2. The molecule has 0 aromatic rings. The van der Waals surface area contributed by atoms with Crippen molar-refractivity contribution in [2.45, 2.75) is 141 Å². The second-order valence-electron chi connectivity index (χ2n) is 15.2. The molecular weight excluding hydrogens is 870 g/mol. The van der Waals surface area contributed by atoms with Crippen molar-refractivity contribution in [1.29, 1.82) is 0 Å². The predicted molar refractivity (Wildman–Crippen MR) is 245 cm³/mol. The molecule has 8 atom stereocenters. The summed E-state index contributed by atoms with van der Waals surface area (Å²) < 4.78 is 47.7. The van der Waals surface area contributed by atoms with E-state index in [0.29, 0.717) is 25.7 Å². The van der Waals surface area contributed by atoms with Gasteiger partial charge in [-0.05, 0) is 63.7 Å². The molecule has 0 aromatic heterocycles. The standard InChI is InChI=1S/C46H74O16P2/c1-3-5-7-8-9-10-11-12-13-14-15-16-17-18-19-20-21-22-24-29-45(51)58-36-40(37-61-64(56,57)60-35-39(48)34-59-63(53,54)55)62-46(52)30-26-25-28-41-42(44(50)33-43(41)49)32-31-38(47)27-23-6-4-2/h5,7,9-10,12-13,15-16,18-19,21-22,25-26,31-32,38-44,47-50H,3-4,6,8,11,14,17,20,23-24,27-30,33-37H2,1-2H3,(H,56,57)(H2,53,54,55)/b7-5-,10-9-,13-12-,16-15-,19-18-,22-21-,26-25-,32-31+/t38-,39+,40-,41+,42-,43+,44-/m1/s1. The third-order valence-corrected chi connectivity index (χ3v) is 11.0. The largest absolute Gasteiger partial charge is 0.472 e. The molecule has 0 bridgehead atoms. The number of carbonyl (C=O) groups excluding carboxylic acids is 2. The van der Waals surface area contributed by atoms with Crippen LogP contribution >= 0.6 is 15.6 Å². The van der Waals surface area contributed by atoms with Crippen LogP contribution in [0, 0.1) is 11.8 Å². The van der Waals surface area contributed by atoms with Gasteiger partial charge >= 0.3 is 27.6 Å². The van der Waals surface area contributed by atoms with Gasteiger partial charge in [0.25, 0.3) is 0 Å². The molecule has 1 rings (SSSR count). The number of hydrogen-bond donors (Lipinski definition) is 7. The highest BCUT2D eigenvalue weighted by atomic mass is 31.2. The minimum atomic E-state index is -4.93. The number of ether oxygens (including phenoxy) is 2. The van der Waals surface area contributed by atoms with E-state index in [-0.39, 0.29) is 25.2 Å². The Balaban J connectivity index is 2.67. The fourth-order valence-electron chi connectivity index (χ4n) is 6.17. The molecule has 0 aliphatic heterocycles. The van der Waals surface area contributed by atoms with Crippen molar-refractivity contribution in [3.05, 3.63) is 97.2 Å². The van der Waals surface area contributed by atoms with Gasteiger partial charge in [-0.15, -0.1) is 0 Å². The van der Waals surface area contributed by atoms with E-state index in [1.165, 1.54) is 6.08 Å². The molecule has 1 fully saturated rings. The van der Waals surface area contributed by atoms with Gasteiger partial charge < -0.3 is 44.6 Å². The smallest absolute Gasteiger partial charge is 0.462 e. The molecule has 1 unspecified atom stereocenters. The summed E-state index contributed by atoms with van der Waals surface area (Å²) in [6.45, 7) is 1.05. The first kappa shape index (κ1) is 58.9. The highest BCUT2D eigenvalue weighted by molar-refractivity contribution is 7.47. The van der Waals surface area contributed by atoms with Gasteiger partial charge in [-0.2, -0.15) is 0 Å². The highest BCUT2D eigenvalue weighted by Gasteiger charge is 2.39. The van der Waals surface area contributed by atoms with Crippen LogP contribution in [0.2, 0.25) is 0 Å². The molecule has 1 saturated carbocycles. The zero-order chi connectivity index (χ0) is 47.5. The highest BCUT2D eigenvalue weighted by Crippen LogP contribution is 2.44. The Morgan fingerprint density at radius 1 is 0.672 bits per heavy atom. The van der Waals surface area contributed by atoms with Crippen LogP contribution in [0.4, 0.5) is 0 Å². The predicted octanol–water partition coefficient (Wildman–Crippen LogP) is 7.71. The number of rotatable bonds is 36. The summed E-state index contributed by atoms with van der Waals surface area (Å²) in [6.07, 6.45) is 35.5. The average molecular weight is 945 g/mol. The molecule has 0 spiro atoms. The van der Waals surface area contributed by atoms with Gasteiger partial charge in [0.2, 0.25) is 0 Å². The molecule has 1 aliphatic rings. The molecular formula is C46H74O16P2. The van der Waals surface area contributed by atoms with Crippen molar-refractivity contribution in [1.82, 2.24) is 0 Å². The first-order valence-corrected chi connectivity index (χ1v) is 25.2. The van der Waals surface area contributed by atoms with E-state index in [2.05, 4.69) is 71.5 Å². The maximum Gasteiger partial charge on any atom is 0.472 e. The van der Waals surface area contributed by atoms with Crippen LogP contribution in [0.15, 0.2) is 97.2 Å². The molecule has 0 radical (unpaired) electrons. The topological polar surface area (TPSA) is 256 Å². The Morgan fingerprint density at radius 2 is 1.23 bits per heavy atom. The number of phosphoric acid groups is 2. The van der Waals surface area contributed by atoms with Gasteiger partial charge in [-0.1, -0.05) is 130 Å². The van der Waals surface area contributed by atoms with Crippen molar-refractivity contribution in [3.63, 3.8) is 0 Å². The first-order chi connectivity index (χ1) is 30.6. The Labute approximate surface area is 379 Å². The first-order valence-electron chi connectivity index (χ1n) is 22.2. The molecule has 0 amide bonds. The van der Waals surface area contributed by atoms with Gasteiger partial charge in [0.15, 0.2) is 6.10 Å². The van der Waals surface area contributed by atoms with E-state index < -0.39 is 90.4 Å². The van der Waals surface area contributed by atoms with Crippen LogP contribution in [-0.4, -0.2) is 104 Å². The number of allylic oxidation sites excluding steroid dienone is 13. The summed E-state index contributed by atoms with van der Waals surface area (Å²) in [5.41, 5.74) is 0. The number of carbonyl (C=O) groups is 2. The monoisotopic (exact) mass is 944 g/mol. The number of aliphatic hydroxyl groups is 4. The van der Waals surface area contributed by atoms with Gasteiger partial charge in [-0.3, -0.25) is 23.2 Å². The van der Waals surface area contributed by atoms with E-state index in [1.54, 1.807) is 18.2 Å². The molecule has 1 aliphatic carbocycles. The fourth-order valence-corrected chi connectivity index (χ4v) is 7.33. The molecule has 16 nitrogen and oxygen atoms in total. The zero-order valence-electron chi connectivity index (χ0n) is 37.4. The quantitative estimate of drug-likeness (QED) is 0.0137.